The van der Waals surface area contributed by atoms with E-state index in [1.807, 2.05) is 0 Å². The van der Waals surface area contributed by atoms with E-state index in [4.69, 9.17) is 33.4 Å². The van der Waals surface area contributed by atoms with Gasteiger partial charge in [0.1, 0.15) is 13.2 Å². The highest BCUT2D eigenvalue weighted by molar-refractivity contribution is 5.81. The molecule has 0 aromatic rings. The Morgan fingerprint density at radius 1 is 0.781 bits per heavy atom. The molecule has 0 heterocycles. The molecule has 12 nitrogen and oxygen atoms in total. The van der Waals surface area contributed by atoms with Crippen molar-refractivity contribution in [1.82, 2.24) is 10.6 Å². The van der Waals surface area contributed by atoms with Crippen molar-refractivity contribution in [2.45, 2.75) is 64.8 Å². The van der Waals surface area contributed by atoms with Crippen molar-refractivity contribution in [2.24, 2.45) is 28.7 Å². The van der Waals surface area contributed by atoms with E-state index in [2.05, 4.69) is 29.2 Å². The first-order valence-corrected chi connectivity index (χ1v) is 11.3. The summed E-state index contributed by atoms with van der Waals surface area (Å²) in [5.41, 5.74) is 26.0. The van der Waals surface area contributed by atoms with Crippen LogP contribution in [0.15, 0.2) is 0 Å². The van der Waals surface area contributed by atoms with Crippen molar-refractivity contribution in [3.63, 3.8) is 0 Å². The Kier molecular flexibility index (Phi) is 31.1. The Morgan fingerprint density at radius 2 is 1.28 bits per heavy atom. The van der Waals surface area contributed by atoms with Gasteiger partial charge in [0.15, 0.2) is 0 Å². The van der Waals surface area contributed by atoms with Gasteiger partial charge >= 0.3 is 12.2 Å². The van der Waals surface area contributed by atoms with Gasteiger partial charge < -0.3 is 48.8 Å². The molecule has 0 saturated carbocycles. The van der Waals surface area contributed by atoms with Crippen LogP contribution >= 0.6 is 0 Å². The number of hydrogen-bond acceptors (Lipinski definition) is 9. The summed E-state index contributed by atoms with van der Waals surface area (Å²) in [6, 6.07) is -0.591. The van der Waals surface area contributed by atoms with Crippen LogP contribution in [-0.4, -0.2) is 70.1 Å². The van der Waals surface area contributed by atoms with E-state index in [0.29, 0.717) is 13.0 Å². The van der Waals surface area contributed by atoms with Crippen LogP contribution in [0.3, 0.4) is 0 Å². The quantitative estimate of drug-likeness (QED) is 0.160. The summed E-state index contributed by atoms with van der Waals surface area (Å²) in [7, 11) is 0. The van der Waals surface area contributed by atoms with Gasteiger partial charge in [0.25, 0.3) is 0 Å². The Balaban J connectivity index is -0.000000695. The second-order valence-electron chi connectivity index (χ2n) is 6.70. The Labute approximate surface area is 192 Å². The molecule has 192 valence electrons. The average Bonchev–Trinajstić information content (AvgIpc) is 2.76. The molecule has 0 aromatic heterocycles. The highest BCUT2D eigenvalue weighted by Crippen LogP contribution is 1.97. The van der Waals surface area contributed by atoms with Crippen molar-refractivity contribution in [2.75, 3.05) is 45.9 Å². The lowest BCUT2D eigenvalue weighted by Gasteiger charge is -2.12. The van der Waals surface area contributed by atoms with Gasteiger partial charge in [-0.2, -0.15) is 0 Å². The van der Waals surface area contributed by atoms with Crippen LogP contribution in [0.5, 0.6) is 0 Å². The molecule has 0 aliphatic heterocycles. The molecule has 1 atom stereocenters. The number of rotatable bonds is 15. The van der Waals surface area contributed by atoms with Crippen molar-refractivity contribution < 1.29 is 23.9 Å². The van der Waals surface area contributed by atoms with Gasteiger partial charge in [-0.15, -0.1) is 0 Å². The predicted molar refractivity (Wildman–Crippen MR) is 127 cm³/mol. The number of nitrogens with one attached hydrogen (secondary N) is 2. The molecule has 0 bridgehead atoms. The maximum absolute atomic E-state index is 11.6. The van der Waals surface area contributed by atoms with E-state index in [1.165, 1.54) is 25.7 Å². The number of carbonyl (C=O) groups excluding carboxylic acids is 3. The van der Waals surface area contributed by atoms with Crippen LogP contribution in [0.1, 0.15) is 58.8 Å². The van der Waals surface area contributed by atoms with Crippen LogP contribution in [-0.2, 0) is 14.3 Å². The first-order valence-electron chi connectivity index (χ1n) is 11.3. The number of unbranched alkanes of at least 4 members (excludes halogenated alkanes) is 3. The molecule has 0 spiro atoms. The van der Waals surface area contributed by atoms with Crippen molar-refractivity contribution in [1.29, 1.82) is 0 Å². The molecule has 1 unspecified atom stereocenters. The Bertz CT molecular complexity index is 433. The fourth-order valence-corrected chi connectivity index (χ4v) is 1.85. The van der Waals surface area contributed by atoms with E-state index in [0.717, 1.165) is 25.9 Å². The van der Waals surface area contributed by atoms with Crippen molar-refractivity contribution in [3.8, 4) is 0 Å². The molecule has 0 saturated heterocycles. The first-order chi connectivity index (χ1) is 15.3. The molecule has 12 heteroatoms. The lowest BCUT2D eigenvalue weighted by atomic mass is 10.1. The summed E-state index contributed by atoms with van der Waals surface area (Å²) in [6.07, 6.45) is 5.34. The SMILES string of the molecule is CCCCN.CCCCN.NCCCCC(N)C(=O)NCCOC(=O)NCCOC(N)=O. The number of hydrogen-bond donors (Lipinski definition) is 7. The minimum absolute atomic E-state index is 0.00374. The first kappa shape index (κ1) is 34.5. The summed E-state index contributed by atoms with van der Waals surface area (Å²) in [6.45, 7) is 6.73. The lowest BCUT2D eigenvalue weighted by molar-refractivity contribution is -0.122. The number of alkyl carbamates (subject to hydrolysis) is 1. The third kappa shape index (κ3) is 32.5. The van der Waals surface area contributed by atoms with Crippen molar-refractivity contribution in [3.05, 3.63) is 0 Å². The maximum atomic E-state index is 11.6. The fourth-order valence-electron chi connectivity index (χ4n) is 1.85. The van der Waals surface area contributed by atoms with Crippen LogP contribution in [0.4, 0.5) is 9.59 Å². The number of primary amides is 1. The van der Waals surface area contributed by atoms with E-state index in [9.17, 15) is 14.4 Å². The number of amides is 3. The zero-order chi connectivity index (χ0) is 25.0. The summed E-state index contributed by atoms with van der Waals surface area (Å²) in [5.74, 6) is -0.295. The van der Waals surface area contributed by atoms with Gasteiger partial charge in [-0.1, -0.05) is 33.1 Å². The molecular formula is C20H47N7O5. The Morgan fingerprint density at radius 3 is 1.72 bits per heavy atom. The van der Waals surface area contributed by atoms with Crippen LogP contribution in [0, 0.1) is 0 Å². The largest absolute Gasteiger partial charge is 0.448 e. The average molecular weight is 466 g/mol. The van der Waals surface area contributed by atoms with Gasteiger partial charge in [0, 0.05) is 0 Å². The molecular weight excluding hydrogens is 418 g/mol. The minimum atomic E-state index is -0.916. The van der Waals surface area contributed by atoms with E-state index in [-0.39, 0.29) is 32.2 Å². The fraction of sp³-hybridized carbons (Fsp3) is 0.850. The predicted octanol–water partition coefficient (Wildman–Crippen LogP) is -0.129. The smallest absolute Gasteiger partial charge is 0.407 e. The maximum Gasteiger partial charge on any atom is 0.407 e. The minimum Gasteiger partial charge on any atom is -0.448 e. The third-order valence-electron chi connectivity index (χ3n) is 3.67. The van der Waals surface area contributed by atoms with Gasteiger partial charge in [0.05, 0.1) is 19.1 Å². The van der Waals surface area contributed by atoms with Gasteiger partial charge in [-0.3, -0.25) is 4.79 Å². The molecule has 32 heavy (non-hydrogen) atoms. The highest BCUT2D eigenvalue weighted by atomic mass is 16.6. The summed E-state index contributed by atoms with van der Waals surface area (Å²) in [5, 5.41) is 4.90. The zero-order valence-electron chi connectivity index (χ0n) is 19.9. The van der Waals surface area contributed by atoms with Gasteiger partial charge in [-0.25, -0.2) is 9.59 Å². The summed E-state index contributed by atoms with van der Waals surface area (Å²) < 4.78 is 9.19. The standard InChI is InChI=1S/C12H25N5O5.2C4H11N/c13-4-2-1-3-9(14)10(18)16-5-8-22-12(20)17-6-7-21-11(15)19;2*1-2-3-4-5/h9H,1-8,13-14H2,(H2,15,19)(H,16,18)(H,17,20);2*2-5H2,1H3. The highest BCUT2D eigenvalue weighted by Gasteiger charge is 2.12. The summed E-state index contributed by atoms with van der Waals surface area (Å²) >= 11 is 0. The number of ether oxygens (including phenoxy) is 2. The van der Waals surface area contributed by atoms with Crippen molar-refractivity contribution >= 4 is 18.1 Å². The van der Waals surface area contributed by atoms with Crippen LogP contribution < -0.4 is 39.3 Å². The molecule has 0 radical (unpaired) electrons. The molecule has 0 fully saturated rings. The molecule has 0 aliphatic rings. The normalized spacial score (nSPS) is 10.4. The zero-order valence-corrected chi connectivity index (χ0v) is 19.9. The van der Waals surface area contributed by atoms with Crippen LogP contribution in [0.2, 0.25) is 0 Å². The monoisotopic (exact) mass is 465 g/mol. The van der Waals surface area contributed by atoms with E-state index < -0.39 is 18.2 Å². The summed E-state index contributed by atoms with van der Waals surface area (Å²) in [4.78, 5) is 33.0. The molecule has 0 aromatic carbocycles. The van der Waals surface area contributed by atoms with Gasteiger partial charge in [-0.05, 0) is 45.3 Å². The second-order valence-corrected chi connectivity index (χ2v) is 6.70. The van der Waals surface area contributed by atoms with Crippen LogP contribution in [0.25, 0.3) is 0 Å². The number of nitrogens with two attached hydrogens (primary N) is 5. The molecule has 12 N–H and O–H groups in total. The third-order valence-corrected chi connectivity index (χ3v) is 3.67. The topological polar surface area (TPSA) is 224 Å². The van der Waals surface area contributed by atoms with E-state index in [1.54, 1.807) is 0 Å². The molecule has 3 amide bonds. The molecule has 0 aliphatic carbocycles. The number of carbonyl (C=O) groups is 3. The second kappa shape index (κ2) is 28.9. The van der Waals surface area contributed by atoms with Gasteiger partial charge in [0.2, 0.25) is 5.91 Å². The van der Waals surface area contributed by atoms with E-state index >= 15 is 0 Å². The molecule has 0 rings (SSSR count). The lowest BCUT2D eigenvalue weighted by Crippen LogP contribution is -2.42. The Hall–Kier alpha value is -2.15.